The number of sulfonamides is 1. The predicted molar refractivity (Wildman–Crippen MR) is 130 cm³/mol. The molecule has 0 bridgehead atoms. The van der Waals surface area contributed by atoms with Crippen molar-refractivity contribution in [3.63, 3.8) is 0 Å². The Kier molecular flexibility index (Phi) is 5.49. The molecule has 160 valence electrons. The Balaban J connectivity index is 1.54. The summed E-state index contributed by atoms with van der Waals surface area (Å²) in [7, 11) is -3.76. The first-order valence-electron chi connectivity index (χ1n) is 9.79. The number of nitrogens with one attached hydrogen (secondary N) is 1. The minimum Gasteiger partial charge on any atom is -0.296 e. The maximum atomic E-state index is 13.7. The summed E-state index contributed by atoms with van der Waals surface area (Å²) in [6.45, 7) is 0.444. The molecule has 1 fully saturated rings. The molecule has 10 heteroatoms. The van der Waals surface area contributed by atoms with Crippen molar-refractivity contribution in [2.24, 2.45) is 5.92 Å². The van der Waals surface area contributed by atoms with E-state index in [1.807, 2.05) is 24.3 Å². The van der Waals surface area contributed by atoms with Gasteiger partial charge in [0.15, 0.2) is 5.82 Å². The molecule has 1 aliphatic carbocycles. The Morgan fingerprint density at radius 1 is 1.13 bits per heavy atom. The molecule has 2 aromatic carbocycles. The van der Waals surface area contributed by atoms with Crippen molar-refractivity contribution >= 4 is 63.9 Å². The van der Waals surface area contributed by atoms with Crippen LogP contribution in [0.25, 0.3) is 21.5 Å². The van der Waals surface area contributed by atoms with Gasteiger partial charge in [0.05, 0.1) is 9.37 Å². The van der Waals surface area contributed by atoms with Gasteiger partial charge in [-0.1, -0.05) is 31.0 Å². The number of aromatic nitrogens is 2. The lowest BCUT2D eigenvalue weighted by Gasteiger charge is -2.23. The number of benzene rings is 2. The third-order valence-electron chi connectivity index (χ3n) is 5.34. The van der Waals surface area contributed by atoms with Crippen LogP contribution >= 0.6 is 38.8 Å². The van der Waals surface area contributed by atoms with Crippen LogP contribution in [-0.4, -0.2) is 24.3 Å². The molecule has 6 nitrogen and oxygen atoms in total. The maximum absolute atomic E-state index is 13.7. The molecule has 4 aromatic rings. The van der Waals surface area contributed by atoms with Gasteiger partial charge in [-0.2, -0.15) is 4.37 Å². The van der Waals surface area contributed by atoms with Gasteiger partial charge in [0.1, 0.15) is 5.00 Å². The van der Waals surface area contributed by atoms with Crippen molar-refractivity contribution in [1.82, 2.24) is 9.36 Å². The summed E-state index contributed by atoms with van der Waals surface area (Å²) in [6.07, 6.45) is 3.18. The molecular formula is C21H18BrN3O3S3. The largest absolute Gasteiger partial charge is 0.323 e. The first-order chi connectivity index (χ1) is 14.9. The van der Waals surface area contributed by atoms with E-state index < -0.39 is 10.0 Å². The highest BCUT2D eigenvalue weighted by Gasteiger charge is 2.31. The van der Waals surface area contributed by atoms with E-state index >= 15 is 0 Å². The van der Waals surface area contributed by atoms with Gasteiger partial charge in [-0.25, -0.2) is 8.42 Å². The number of hydrogen-bond donors (Lipinski definition) is 1. The van der Waals surface area contributed by atoms with Gasteiger partial charge in [-0.3, -0.25) is 14.1 Å². The zero-order valence-corrected chi connectivity index (χ0v) is 20.3. The lowest BCUT2D eigenvalue weighted by molar-refractivity contribution is 0.587. The average Bonchev–Trinajstić information content (AvgIpc) is 3.41. The standard InChI is InChI=1S/C21H18BrN3O3S3/c22-18-16-3-1-2-4-17(16)29-20(18)25(12-11-13-5-6-13)31(27,28)15-9-7-14(8-10-15)19-23-21(26)30-24-19/h1-4,7-10,13H,5-6,11-12H2,(H,23,24,26). The molecule has 2 heterocycles. The monoisotopic (exact) mass is 535 g/mol. The van der Waals surface area contributed by atoms with Crippen molar-refractivity contribution in [2.45, 2.75) is 24.2 Å². The zero-order valence-electron chi connectivity index (χ0n) is 16.2. The van der Waals surface area contributed by atoms with Gasteiger partial charge in [0.25, 0.3) is 10.0 Å². The highest BCUT2D eigenvalue weighted by atomic mass is 79.9. The van der Waals surface area contributed by atoms with Crippen molar-refractivity contribution in [3.8, 4) is 11.4 Å². The molecular weight excluding hydrogens is 518 g/mol. The molecule has 1 aliphatic rings. The molecule has 0 saturated heterocycles. The van der Waals surface area contributed by atoms with E-state index in [-0.39, 0.29) is 9.77 Å². The number of aromatic amines is 1. The van der Waals surface area contributed by atoms with Crippen LogP contribution in [0.15, 0.2) is 62.7 Å². The molecule has 0 aliphatic heterocycles. The van der Waals surface area contributed by atoms with E-state index in [9.17, 15) is 13.2 Å². The van der Waals surface area contributed by atoms with Crippen LogP contribution in [0.1, 0.15) is 19.3 Å². The van der Waals surface area contributed by atoms with Crippen LogP contribution in [0.3, 0.4) is 0 Å². The molecule has 5 rings (SSSR count). The second-order valence-electron chi connectivity index (χ2n) is 7.49. The highest BCUT2D eigenvalue weighted by molar-refractivity contribution is 9.10. The third-order valence-corrected chi connectivity index (χ3v) is 10.1. The van der Waals surface area contributed by atoms with Crippen LogP contribution in [0.5, 0.6) is 0 Å². The second-order valence-corrected chi connectivity index (χ2v) is 11.9. The summed E-state index contributed by atoms with van der Waals surface area (Å²) in [5, 5.41) is 1.71. The minimum atomic E-state index is -3.76. The van der Waals surface area contributed by atoms with E-state index in [1.54, 1.807) is 28.6 Å². The Morgan fingerprint density at radius 3 is 2.52 bits per heavy atom. The van der Waals surface area contributed by atoms with Gasteiger partial charge in [-0.15, -0.1) is 11.3 Å². The zero-order chi connectivity index (χ0) is 21.6. The van der Waals surface area contributed by atoms with Crippen molar-refractivity contribution < 1.29 is 8.42 Å². The summed E-state index contributed by atoms with van der Waals surface area (Å²) in [6, 6.07) is 14.4. The van der Waals surface area contributed by atoms with Crippen LogP contribution < -0.4 is 9.18 Å². The maximum Gasteiger partial charge on any atom is 0.323 e. The molecule has 0 radical (unpaired) electrons. The minimum absolute atomic E-state index is 0.217. The quantitative estimate of drug-likeness (QED) is 0.340. The number of H-pyrrole nitrogens is 1. The summed E-state index contributed by atoms with van der Waals surface area (Å²) in [5.41, 5.74) is 0.671. The number of rotatable bonds is 7. The molecule has 0 spiro atoms. The van der Waals surface area contributed by atoms with Crippen LogP contribution in [0.2, 0.25) is 0 Å². The predicted octanol–water partition coefficient (Wildman–Crippen LogP) is 5.47. The summed E-state index contributed by atoms with van der Waals surface area (Å²) < 4.78 is 34.8. The first kappa shape index (κ1) is 20.9. The van der Waals surface area contributed by atoms with Gasteiger partial charge >= 0.3 is 4.87 Å². The number of anilines is 1. The fraction of sp³-hybridized carbons (Fsp3) is 0.238. The average molecular weight is 536 g/mol. The highest BCUT2D eigenvalue weighted by Crippen LogP contribution is 2.44. The summed E-state index contributed by atoms with van der Waals surface area (Å²) in [5.74, 6) is 1.05. The third kappa shape index (κ3) is 4.09. The summed E-state index contributed by atoms with van der Waals surface area (Å²) >= 11 is 5.97. The molecule has 2 aromatic heterocycles. The Morgan fingerprint density at radius 2 is 1.87 bits per heavy atom. The van der Waals surface area contributed by atoms with Gasteiger partial charge < -0.3 is 0 Å². The van der Waals surface area contributed by atoms with E-state index in [0.717, 1.165) is 32.5 Å². The Bertz CT molecular complexity index is 1400. The van der Waals surface area contributed by atoms with E-state index in [4.69, 9.17) is 0 Å². The van der Waals surface area contributed by atoms with Gasteiger partial charge in [0, 0.05) is 33.7 Å². The Hall–Kier alpha value is -2.01. The number of fused-ring (bicyclic) bond motifs is 1. The van der Waals surface area contributed by atoms with E-state index in [0.29, 0.717) is 28.9 Å². The van der Waals surface area contributed by atoms with E-state index in [1.165, 1.54) is 24.2 Å². The van der Waals surface area contributed by atoms with Crippen LogP contribution in [-0.2, 0) is 10.0 Å². The number of nitrogens with zero attached hydrogens (tertiary/aromatic N) is 2. The SMILES string of the molecule is O=c1[nH]c(-c2ccc(S(=O)(=O)N(CCC3CC3)c3sc4ccccc4c3Br)cc2)ns1. The number of thiophene rings is 1. The summed E-state index contributed by atoms with van der Waals surface area (Å²) in [4.78, 5) is 14.0. The molecule has 0 unspecified atom stereocenters. The van der Waals surface area contributed by atoms with Crippen LogP contribution in [0, 0.1) is 5.92 Å². The smallest absolute Gasteiger partial charge is 0.296 e. The normalized spacial score (nSPS) is 14.2. The molecule has 1 saturated carbocycles. The van der Waals surface area contributed by atoms with Crippen molar-refractivity contribution in [2.75, 3.05) is 10.8 Å². The lowest BCUT2D eigenvalue weighted by Crippen LogP contribution is -2.32. The van der Waals surface area contributed by atoms with Crippen LogP contribution in [0.4, 0.5) is 5.00 Å². The topological polar surface area (TPSA) is 83.1 Å². The number of hydrogen-bond acceptors (Lipinski definition) is 6. The Labute approximate surface area is 195 Å². The van der Waals surface area contributed by atoms with Gasteiger partial charge in [-0.05, 0) is 58.6 Å². The molecule has 0 amide bonds. The van der Waals surface area contributed by atoms with Gasteiger partial charge in [0.2, 0.25) is 0 Å². The van der Waals surface area contributed by atoms with Crippen molar-refractivity contribution in [1.29, 1.82) is 0 Å². The fourth-order valence-electron chi connectivity index (χ4n) is 3.47. The lowest BCUT2D eigenvalue weighted by atomic mass is 10.2. The van der Waals surface area contributed by atoms with E-state index in [2.05, 4.69) is 25.3 Å². The van der Waals surface area contributed by atoms with Crippen molar-refractivity contribution in [3.05, 3.63) is 62.7 Å². The molecule has 0 atom stereocenters. The number of halogens is 1. The second kappa shape index (κ2) is 8.16. The fourth-order valence-corrected chi connectivity index (χ4v) is 7.81. The molecule has 1 N–H and O–H groups in total. The molecule has 31 heavy (non-hydrogen) atoms. The first-order valence-corrected chi connectivity index (χ1v) is 13.6.